The van der Waals surface area contributed by atoms with Gasteiger partial charge in [-0.05, 0) is 47.5 Å². The number of rotatable bonds is 6. The predicted octanol–water partition coefficient (Wildman–Crippen LogP) is 4.66. The van der Waals surface area contributed by atoms with Crippen molar-refractivity contribution < 1.29 is 19.5 Å². The molecule has 2 amide bonds. The fourth-order valence-corrected chi connectivity index (χ4v) is 4.27. The van der Waals surface area contributed by atoms with Gasteiger partial charge in [0, 0.05) is 65.8 Å². The van der Waals surface area contributed by atoms with E-state index in [0.29, 0.717) is 35.7 Å². The summed E-state index contributed by atoms with van der Waals surface area (Å²) in [6.07, 6.45) is 7.89. The normalized spacial score (nSPS) is 13.7. The molecule has 38 heavy (non-hydrogen) atoms. The smallest absolute Gasteiger partial charge is 0.259 e. The Morgan fingerprint density at radius 1 is 1.05 bits per heavy atom. The number of benzene rings is 1. The molecule has 0 fully saturated rings. The fourth-order valence-electron chi connectivity index (χ4n) is 4.27. The van der Waals surface area contributed by atoms with Gasteiger partial charge < -0.3 is 15.5 Å². The van der Waals surface area contributed by atoms with Crippen molar-refractivity contribution in [3.05, 3.63) is 108 Å². The quantitative estimate of drug-likeness (QED) is 0.257. The van der Waals surface area contributed by atoms with Crippen molar-refractivity contribution in [1.29, 1.82) is 0 Å². The highest BCUT2D eigenvalue weighted by atomic mass is 16.5. The second kappa shape index (κ2) is 12.0. The lowest BCUT2D eigenvalue weighted by atomic mass is 10.0. The highest BCUT2D eigenvalue weighted by molar-refractivity contribution is 6.09. The molecule has 0 saturated carbocycles. The molecule has 1 atom stereocenters. The number of hydrogen-bond acceptors (Lipinski definition) is 6. The molecule has 9 nitrogen and oxygen atoms in total. The third-order valence-electron chi connectivity index (χ3n) is 6.13. The molecular weight excluding hydrogens is 480 g/mol. The molecule has 3 aromatic heterocycles. The van der Waals surface area contributed by atoms with E-state index < -0.39 is 0 Å². The van der Waals surface area contributed by atoms with E-state index in [-0.39, 0.29) is 17.7 Å². The van der Waals surface area contributed by atoms with Crippen LogP contribution in [0.15, 0.2) is 85.6 Å². The van der Waals surface area contributed by atoms with Crippen LogP contribution in [0.2, 0.25) is 0 Å². The number of anilines is 3. The number of pyridine rings is 3. The molecule has 4 aromatic rings. The Bertz CT molecular complexity index is 1410. The number of carbonyl (C=O) groups excluding carboxylic acids is 2. The summed E-state index contributed by atoms with van der Waals surface area (Å²) in [7, 11) is 0. The number of fused-ring (bicyclic) bond motifs is 1. The molecule has 4 heterocycles. The first-order chi connectivity index (χ1) is 18.5. The summed E-state index contributed by atoms with van der Waals surface area (Å²) in [4.78, 5) is 36.4. The van der Waals surface area contributed by atoms with Gasteiger partial charge >= 0.3 is 0 Å². The Balaban J connectivity index is 0.00000164. The van der Waals surface area contributed by atoms with Crippen LogP contribution in [0.4, 0.5) is 17.2 Å². The van der Waals surface area contributed by atoms with Crippen molar-refractivity contribution in [3.63, 3.8) is 0 Å². The summed E-state index contributed by atoms with van der Waals surface area (Å²) in [5.74, 6) is 0.158. The zero-order chi connectivity index (χ0) is 27.1. The Labute approximate surface area is 221 Å². The number of carbonyl (C=O) groups is 2. The Morgan fingerprint density at radius 2 is 1.79 bits per heavy atom. The lowest BCUT2D eigenvalue weighted by molar-refractivity contribution is -0.904. The molecule has 5 rings (SSSR count). The van der Waals surface area contributed by atoms with Gasteiger partial charge in [0.25, 0.3) is 11.8 Å². The molecule has 194 valence electrons. The van der Waals surface area contributed by atoms with Gasteiger partial charge in [-0.25, -0.2) is 4.98 Å². The van der Waals surface area contributed by atoms with Crippen LogP contribution in [-0.4, -0.2) is 33.5 Å². The fraction of sp³-hybridized carbons (Fsp3) is 0.207. The summed E-state index contributed by atoms with van der Waals surface area (Å²) in [6.45, 7) is 7.10. The standard InChI is InChI=1S/C27H24N6O3.C2H6/c1-18-17-33(27(35)20-8-13-32(36)14-9-20)24-15-21(4-5-22(18)24)31-26(34)23-3-2-10-29-25(23)30-16-19-6-11-28-12-7-19;1-2/h2-15,18H,16-17H2,1H3,(H2-,29,30,31,34,35,36);1-2H3/p+1. The average molecular weight is 512 g/mol. The monoisotopic (exact) mass is 511 g/mol. The summed E-state index contributed by atoms with van der Waals surface area (Å²) in [5, 5.41) is 15.6. The zero-order valence-electron chi connectivity index (χ0n) is 21.6. The largest absolute Gasteiger partial charge is 0.365 e. The van der Waals surface area contributed by atoms with Gasteiger partial charge in [0.1, 0.15) is 5.82 Å². The minimum Gasteiger partial charge on any atom is -0.365 e. The molecule has 0 spiro atoms. The topological polar surface area (TPSA) is 111 Å². The molecule has 0 saturated heterocycles. The number of nitrogens with one attached hydrogen (secondary N) is 2. The predicted molar refractivity (Wildman–Crippen MR) is 145 cm³/mol. The third-order valence-corrected chi connectivity index (χ3v) is 6.13. The van der Waals surface area contributed by atoms with Crippen LogP contribution in [-0.2, 0) is 6.54 Å². The first kappa shape index (κ1) is 26.3. The van der Waals surface area contributed by atoms with Crippen molar-refractivity contribution in [2.24, 2.45) is 0 Å². The second-order valence-electron chi connectivity index (χ2n) is 8.62. The number of hydrogen-bond donors (Lipinski definition) is 3. The Hall–Kier alpha value is -4.79. The van der Waals surface area contributed by atoms with Crippen molar-refractivity contribution >= 4 is 29.0 Å². The maximum Gasteiger partial charge on any atom is 0.259 e. The minimum atomic E-state index is -0.306. The zero-order valence-corrected chi connectivity index (χ0v) is 21.6. The maximum absolute atomic E-state index is 13.2. The van der Waals surface area contributed by atoms with E-state index in [1.54, 1.807) is 47.8 Å². The van der Waals surface area contributed by atoms with Crippen LogP contribution in [0.1, 0.15) is 58.5 Å². The first-order valence-electron chi connectivity index (χ1n) is 12.5. The molecule has 1 aromatic carbocycles. The molecule has 1 aliphatic rings. The van der Waals surface area contributed by atoms with Crippen LogP contribution in [0, 0.1) is 0 Å². The molecule has 0 radical (unpaired) electrons. The number of amides is 2. The summed E-state index contributed by atoms with van der Waals surface area (Å²) >= 11 is 0. The van der Waals surface area contributed by atoms with Crippen LogP contribution < -0.4 is 20.3 Å². The van der Waals surface area contributed by atoms with Gasteiger partial charge in [0.05, 0.1) is 11.1 Å². The average Bonchev–Trinajstić information content (AvgIpc) is 3.29. The summed E-state index contributed by atoms with van der Waals surface area (Å²) < 4.78 is 0.892. The van der Waals surface area contributed by atoms with E-state index >= 15 is 0 Å². The van der Waals surface area contributed by atoms with Crippen molar-refractivity contribution in [2.75, 3.05) is 22.1 Å². The van der Waals surface area contributed by atoms with Gasteiger partial charge in [0.2, 0.25) is 12.4 Å². The SMILES string of the molecule is CC.CC1CN(C(=O)c2cc[n+](O)cc2)c2cc(NC(=O)c3cccnc3NCc3ccncc3)ccc21. The summed E-state index contributed by atoms with van der Waals surface area (Å²) in [5.41, 5.74) is 4.27. The van der Waals surface area contributed by atoms with E-state index in [1.807, 2.05) is 44.2 Å². The van der Waals surface area contributed by atoms with Gasteiger partial charge in [0.15, 0.2) is 0 Å². The number of aromatic nitrogens is 3. The molecule has 9 heteroatoms. The van der Waals surface area contributed by atoms with Crippen LogP contribution in [0.25, 0.3) is 0 Å². The van der Waals surface area contributed by atoms with E-state index in [9.17, 15) is 14.8 Å². The van der Waals surface area contributed by atoms with E-state index in [4.69, 9.17) is 0 Å². The van der Waals surface area contributed by atoms with Crippen molar-refractivity contribution in [3.8, 4) is 0 Å². The van der Waals surface area contributed by atoms with Gasteiger partial charge in [-0.15, -0.1) is 0 Å². The molecular formula is C29H31N6O3+. The van der Waals surface area contributed by atoms with Crippen LogP contribution >= 0.6 is 0 Å². The summed E-state index contributed by atoms with van der Waals surface area (Å²) in [6, 6.07) is 16.0. The van der Waals surface area contributed by atoms with Crippen LogP contribution in [0.5, 0.6) is 0 Å². The maximum atomic E-state index is 13.2. The van der Waals surface area contributed by atoms with E-state index in [0.717, 1.165) is 21.5 Å². The third kappa shape index (κ3) is 5.78. The Morgan fingerprint density at radius 3 is 2.53 bits per heavy atom. The highest BCUT2D eigenvalue weighted by Crippen LogP contribution is 2.38. The van der Waals surface area contributed by atoms with Crippen molar-refractivity contribution in [1.82, 2.24) is 9.97 Å². The van der Waals surface area contributed by atoms with E-state index in [1.165, 1.54) is 12.4 Å². The van der Waals surface area contributed by atoms with Gasteiger partial charge in [-0.3, -0.25) is 19.8 Å². The minimum absolute atomic E-state index is 0.155. The second-order valence-corrected chi connectivity index (χ2v) is 8.62. The first-order valence-corrected chi connectivity index (χ1v) is 12.5. The van der Waals surface area contributed by atoms with Gasteiger partial charge in [-0.1, -0.05) is 26.8 Å². The molecule has 0 bridgehead atoms. The lowest BCUT2D eigenvalue weighted by Gasteiger charge is -2.18. The van der Waals surface area contributed by atoms with Gasteiger partial charge in [-0.2, -0.15) is 0 Å². The Kier molecular flexibility index (Phi) is 8.27. The van der Waals surface area contributed by atoms with Crippen LogP contribution in [0.3, 0.4) is 0 Å². The molecule has 1 aliphatic heterocycles. The van der Waals surface area contributed by atoms with E-state index in [2.05, 4.69) is 27.5 Å². The van der Waals surface area contributed by atoms with Crippen molar-refractivity contribution in [2.45, 2.75) is 33.2 Å². The molecule has 1 unspecified atom stereocenters. The molecule has 3 N–H and O–H groups in total. The molecule has 0 aliphatic carbocycles. The lowest BCUT2D eigenvalue weighted by Crippen LogP contribution is -2.32. The highest BCUT2D eigenvalue weighted by Gasteiger charge is 2.31. The number of nitrogens with zero attached hydrogens (tertiary/aromatic N) is 4.